The monoisotopic (exact) mass is 346 g/mol. The van der Waals surface area contributed by atoms with Crippen LogP contribution in [0.15, 0.2) is 51.5 Å². The number of aromatic nitrogens is 1. The Morgan fingerprint density at radius 3 is 2.57 bits per heavy atom. The van der Waals surface area contributed by atoms with Crippen molar-refractivity contribution in [1.82, 2.24) is 5.16 Å². The van der Waals surface area contributed by atoms with E-state index in [2.05, 4.69) is 21.1 Å². The van der Waals surface area contributed by atoms with Crippen LogP contribution in [0.5, 0.6) is 0 Å². The van der Waals surface area contributed by atoms with Gasteiger partial charge >= 0.3 is 0 Å². The third-order valence-electron chi connectivity index (χ3n) is 3.34. The fourth-order valence-corrected chi connectivity index (χ4v) is 2.65. The van der Waals surface area contributed by atoms with Gasteiger partial charge in [0, 0.05) is 5.56 Å². The molecule has 2 N–H and O–H groups in total. The van der Waals surface area contributed by atoms with E-state index in [1.54, 1.807) is 18.2 Å². The summed E-state index contributed by atoms with van der Waals surface area (Å²) in [6.07, 6.45) is 0. The lowest BCUT2D eigenvalue weighted by Crippen LogP contribution is -1.92. The molecule has 106 valence electrons. The molecule has 1 heterocycles. The highest BCUT2D eigenvalue weighted by Gasteiger charge is 2.21. The topological polar surface area (TPSA) is 52.0 Å². The lowest BCUT2D eigenvalue weighted by molar-refractivity contribution is 0.439. The number of nitrogens with zero attached hydrogens (tertiary/aromatic N) is 1. The molecule has 5 heteroatoms. The van der Waals surface area contributed by atoms with Crippen LogP contribution in [0.3, 0.4) is 0 Å². The van der Waals surface area contributed by atoms with Crippen LogP contribution < -0.4 is 5.73 Å². The number of aryl methyl sites for hydroxylation is 1. The first kappa shape index (κ1) is 13.8. The smallest absolute Gasteiger partial charge is 0.230 e. The molecule has 21 heavy (non-hydrogen) atoms. The van der Waals surface area contributed by atoms with Crippen LogP contribution in [0.25, 0.3) is 22.4 Å². The van der Waals surface area contributed by atoms with Gasteiger partial charge in [-0.05, 0) is 46.1 Å². The maximum atomic E-state index is 14.3. The van der Waals surface area contributed by atoms with Crippen LogP contribution in [0.2, 0.25) is 0 Å². The van der Waals surface area contributed by atoms with Crippen molar-refractivity contribution in [1.29, 1.82) is 0 Å². The number of benzene rings is 2. The van der Waals surface area contributed by atoms with Gasteiger partial charge in [0.1, 0.15) is 11.5 Å². The van der Waals surface area contributed by atoms with E-state index in [9.17, 15) is 4.39 Å². The summed E-state index contributed by atoms with van der Waals surface area (Å²) in [4.78, 5) is 0. The number of nitrogens with two attached hydrogens (primary N) is 1. The second-order valence-electron chi connectivity index (χ2n) is 4.69. The molecule has 0 unspecified atom stereocenters. The lowest BCUT2D eigenvalue weighted by atomic mass is 9.97. The van der Waals surface area contributed by atoms with Gasteiger partial charge in [-0.3, -0.25) is 0 Å². The number of hydrogen-bond acceptors (Lipinski definition) is 3. The largest absolute Gasteiger partial charge is 0.367 e. The highest BCUT2D eigenvalue weighted by Crippen LogP contribution is 2.39. The van der Waals surface area contributed by atoms with E-state index in [-0.39, 0.29) is 11.7 Å². The quantitative estimate of drug-likeness (QED) is 0.724. The molecule has 0 aliphatic carbocycles. The van der Waals surface area contributed by atoms with Gasteiger partial charge in [-0.2, -0.15) is 0 Å². The summed E-state index contributed by atoms with van der Waals surface area (Å²) in [7, 11) is 0. The summed E-state index contributed by atoms with van der Waals surface area (Å²) in [6.45, 7) is 1.96. The first-order chi connectivity index (χ1) is 10.1. The minimum atomic E-state index is -0.388. The summed E-state index contributed by atoms with van der Waals surface area (Å²) in [5, 5.41) is 3.94. The molecule has 0 fully saturated rings. The Hall–Kier alpha value is -2.14. The molecule has 0 aliphatic heterocycles. The molecular formula is C16H12BrFN2O. The minimum Gasteiger partial charge on any atom is -0.367 e. The van der Waals surface area contributed by atoms with E-state index in [0.29, 0.717) is 21.3 Å². The van der Waals surface area contributed by atoms with Gasteiger partial charge in [0.15, 0.2) is 0 Å². The van der Waals surface area contributed by atoms with Crippen LogP contribution in [0, 0.1) is 12.7 Å². The third-order valence-corrected chi connectivity index (χ3v) is 3.95. The fraction of sp³-hybridized carbons (Fsp3) is 0.0625. The van der Waals surface area contributed by atoms with Crippen LogP contribution in [-0.4, -0.2) is 5.16 Å². The van der Waals surface area contributed by atoms with Crippen LogP contribution in [0.1, 0.15) is 5.56 Å². The van der Waals surface area contributed by atoms with Crippen molar-refractivity contribution in [3.63, 3.8) is 0 Å². The van der Waals surface area contributed by atoms with Crippen molar-refractivity contribution < 1.29 is 8.91 Å². The molecular weight excluding hydrogens is 335 g/mol. The second-order valence-corrected chi connectivity index (χ2v) is 5.54. The van der Waals surface area contributed by atoms with Crippen molar-refractivity contribution in [3.8, 4) is 22.4 Å². The van der Waals surface area contributed by atoms with Gasteiger partial charge in [-0.15, -0.1) is 0 Å². The van der Waals surface area contributed by atoms with E-state index in [1.807, 2.05) is 31.2 Å². The minimum absolute atomic E-state index is 0.179. The average molecular weight is 347 g/mol. The van der Waals surface area contributed by atoms with Gasteiger partial charge in [0.2, 0.25) is 5.88 Å². The number of nitrogen functional groups attached to an aromatic ring is 1. The SMILES string of the molecule is Cc1ccccc1-c1c(-c2cccc(Br)c2F)noc1N. The van der Waals surface area contributed by atoms with E-state index in [1.165, 1.54) is 0 Å². The number of halogens is 2. The molecule has 0 bridgehead atoms. The maximum Gasteiger partial charge on any atom is 0.230 e. The number of hydrogen-bond donors (Lipinski definition) is 1. The molecule has 2 aromatic carbocycles. The number of anilines is 1. The Kier molecular flexibility index (Phi) is 3.51. The van der Waals surface area contributed by atoms with E-state index in [0.717, 1.165) is 11.1 Å². The van der Waals surface area contributed by atoms with Gasteiger partial charge in [0.05, 0.1) is 10.0 Å². The average Bonchev–Trinajstić information content (AvgIpc) is 2.84. The van der Waals surface area contributed by atoms with Gasteiger partial charge in [0.25, 0.3) is 0 Å². The normalized spacial score (nSPS) is 10.8. The second kappa shape index (κ2) is 5.33. The standard InChI is InChI=1S/C16H12BrFN2O/c1-9-5-2-3-6-10(9)13-15(20-21-16(13)19)11-7-4-8-12(17)14(11)18/h2-8H,19H2,1H3. The van der Waals surface area contributed by atoms with Crippen molar-refractivity contribution in [2.75, 3.05) is 5.73 Å². The van der Waals surface area contributed by atoms with Gasteiger partial charge < -0.3 is 10.3 Å². The van der Waals surface area contributed by atoms with E-state index in [4.69, 9.17) is 10.3 Å². The summed E-state index contributed by atoms with van der Waals surface area (Å²) in [5.41, 5.74) is 9.17. The molecule has 0 spiro atoms. The summed E-state index contributed by atoms with van der Waals surface area (Å²) in [6, 6.07) is 12.7. The van der Waals surface area contributed by atoms with Crippen LogP contribution >= 0.6 is 15.9 Å². The Balaban J connectivity index is 2.28. The summed E-state index contributed by atoms with van der Waals surface area (Å²) < 4.78 is 19.8. The highest BCUT2D eigenvalue weighted by molar-refractivity contribution is 9.10. The Morgan fingerprint density at radius 2 is 1.81 bits per heavy atom. The zero-order valence-electron chi connectivity index (χ0n) is 11.2. The maximum absolute atomic E-state index is 14.3. The molecule has 0 saturated heterocycles. The van der Waals surface area contributed by atoms with Gasteiger partial charge in [-0.1, -0.05) is 35.5 Å². The molecule has 0 amide bonds. The van der Waals surface area contributed by atoms with E-state index < -0.39 is 0 Å². The third kappa shape index (κ3) is 2.34. The van der Waals surface area contributed by atoms with Gasteiger partial charge in [-0.25, -0.2) is 4.39 Å². The van der Waals surface area contributed by atoms with Crippen LogP contribution in [-0.2, 0) is 0 Å². The molecule has 0 atom stereocenters. The summed E-state index contributed by atoms with van der Waals surface area (Å²) >= 11 is 3.18. The summed E-state index contributed by atoms with van der Waals surface area (Å²) in [5.74, 6) is -0.209. The molecule has 0 aliphatic rings. The van der Waals surface area contributed by atoms with Crippen molar-refractivity contribution >= 4 is 21.8 Å². The first-order valence-corrected chi connectivity index (χ1v) is 7.14. The lowest BCUT2D eigenvalue weighted by Gasteiger charge is -2.07. The van der Waals surface area contributed by atoms with E-state index >= 15 is 0 Å². The highest BCUT2D eigenvalue weighted by atomic mass is 79.9. The fourth-order valence-electron chi connectivity index (χ4n) is 2.29. The predicted molar refractivity (Wildman–Crippen MR) is 84.2 cm³/mol. The van der Waals surface area contributed by atoms with Crippen molar-refractivity contribution in [2.45, 2.75) is 6.92 Å². The van der Waals surface area contributed by atoms with Crippen LogP contribution in [0.4, 0.5) is 10.3 Å². The van der Waals surface area contributed by atoms with Crippen molar-refractivity contribution in [2.24, 2.45) is 0 Å². The molecule has 0 saturated carbocycles. The Labute approximate surface area is 129 Å². The molecule has 3 aromatic rings. The van der Waals surface area contributed by atoms with Crippen molar-refractivity contribution in [3.05, 3.63) is 58.3 Å². The molecule has 1 aromatic heterocycles. The molecule has 3 rings (SSSR count). The Morgan fingerprint density at radius 1 is 1.10 bits per heavy atom. The zero-order chi connectivity index (χ0) is 15.0. The number of rotatable bonds is 2. The molecule has 0 radical (unpaired) electrons. The predicted octanol–water partition coefficient (Wildman–Crippen LogP) is 4.80. The first-order valence-electron chi connectivity index (χ1n) is 6.35. The Bertz CT molecular complexity index is 814. The molecule has 3 nitrogen and oxygen atoms in total. The zero-order valence-corrected chi connectivity index (χ0v) is 12.8.